The Hall–Kier alpha value is -3.46. The molecule has 3 amide bonds. The van der Waals surface area contributed by atoms with Gasteiger partial charge >= 0.3 is 11.9 Å². The minimum Gasteiger partial charge on any atom is -0.481 e. The fraction of sp³-hybridized carbons (Fsp3) is 0.667. The zero-order chi connectivity index (χ0) is 25.4. The number of aliphatic imine (C=N–C) groups is 1. The van der Waals surface area contributed by atoms with E-state index in [1.807, 2.05) is 0 Å². The topological polar surface area (TPSA) is 278 Å². The number of nitrogens with zero attached hydrogens (tertiary/aromatic N) is 1. The molecule has 0 saturated carbocycles. The van der Waals surface area contributed by atoms with Crippen LogP contribution < -0.4 is 38.9 Å². The summed E-state index contributed by atoms with van der Waals surface area (Å²) in [6, 6.07) is -3.70. The number of carboxylic acid groups (broad SMARTS) is 2. The molecule has 0 radical (unpaired) electrons. The molecule has 188 valence electrons. The number of hydrogen-bond acceptors (Lipinski definition) is 8. The minimum atomic E-state index is -1.49. The van der Waals surface area contributed by atoms with Crippen LogP contribution in [-0.2, 0) is 24.0 Å². The maximum atomic E-state index is 12.3. The van der Waals surface area contributed by atoms with Gasteiger partial charge in [0.25, 0.3) is 0 Å². The fourth-order valence-corrected chi connectivity index (χ4v) is 2.60. The third kappa shape index (κ3) is 14.3. The van der Waals surface area contributed by atoms with E-state index in [0.29, 0.717) is 25.8 Å². The van der Waals surface area contributed by atoms with Crippen LogP contribution in [0.3, 0.4) is 0 Å². The van der Waals surface area contributed by atoms with Crippen molar-refractivity contribution >= 4 is 35.6 Å². The number of rotatable bonds is 17. The van der Waals surface area contributed by atoms with Crippen LogP contribution in [0.1, 0.15) is 38.5 Å². The Labute approximate surface area is 190 Å². The van der Waals surface area contributed by atoms with Gasteiger partial charge in [0, 0.05) is 6.54 Å². The van der Waals surface area contributed by atoms with Crippen molar-refractivity contribution in [2.45, 2.75) is 56.7 Å². The van der Waals surface area contributed by atoms with E-state index < -0.39 is 60.8 Å². The van der Waals surface area contributed by atoms with E-state index in [-0.39, 0.29) is 25.3 Å². The quantitative estimate of drug-likeness (QED) is 0.0558. The molecule has 13 N–H and O–H groups in total. The van der Waals surface area contributed by atoms with E-state index in [0.717, 1.165) is 0 Å². The largest absolute Gasteiger partial charge is 0.481 e. The Morgan fingerprint density at radius 1 is 0.879 bits per heavy atom. The Kier molecular flexibility index (Phi) is 14.5. The molecule has 0 heterocycles. The van der Waals surface area contributed by atoms with Crippen molar-refractivity contribution < 1.29 is 34.2 Å². The number of amides is 3. The smallest absolute Gasteiger partial charge is 0.326 e. The van der Waals surface area contributed by atoms with Crippen molar-refractivity contribution in [3.05, 3.63) is 0 Å². The van der Waals surface area contributed by atoms with Crippen molar-refractivity contribution in [3.8, 4) is 0 Å². The summed E-state index contributed by atoms with van der Waals surface area (Å²) in [6.45, 7) is 0.00401. The van der Waals surface area contributed by atoms with E-state index in [9.17, 15) is 24.0 Å². The van der Waals surface area contributed by atoms with Crippen molar-refractivity contribution in [1.29, 1.82) is 0 Å². The number of hydrogen-bond donors (Lipinski definition) is 9. The van der Waals surface area contributed by atoms with Crippen molar-refractivity contribution in [3.63, 3.8) is 0 Å². The van der Waals surface area contributed by atoms with E-state index in [2.05, 4.69) is 20.9 Å². The molecule has 3 unspecified atom stereocenters. The Morgan fingerprint density at radius 2 is 1.55 bits per heavy atom. The van der Waals surface area contributed by atoms with Gasteiger partial charge in [-0.25, -0.2) is 4.79 Å². The molecule has 33 heavy (non-hydrogen) atoms. The highest BCUT2D eigenvalue weighted by molar-refractivity contribution is 5.94. The van der Waals surface area contributed by atoms with Crippen LogP contribution in [0, 0.1) is 0 Å². The molecular formula is C18H34N8O7. The normalized spacial score (nSPS) is 13.2. The molecule has 0 aromatic heterocycles. The predicted molar refractivity (Wildman–Crippen MR) is 118 cm³/mol. The average molecular weight is 475 g/mol. The molecule has 0 aliphatic carbocycles. The van der Waals surface area contributed by atoms with Crippen LogP contribution in [0.5, 0.6) is 0 Å². The van der Waals surface area contributed by atoms with Crippen molar-refractivity contribution in [1.82, 2.24) is 16.0 Å². The lowest BCUT2D eigenvalue weighted by Gasteiger charge is -2.20. The SMILES string of the molecule is NCCCCC(NC(=O)CNC(=O)C(CC(=O)O)NC(=O)C(N)CCCN=C(N)N)C(=O)O. The lowest BCUT2D eigenvalue weighted by Crippen LogP contribution is -2.54. The van der Waals surface area contributed by atoms with Crippen LogP contribution in [0.25, 0.3) is 0 Å². The number of nitrogens with two attached hydrogens (primary N) is 4. The summed E-state index contributed by atoms with van der Waals surface area (Å²) in [7, 11) is 0. The summed E-state index contributed by atoms with van der Waals surface area (Å²) >= 11 is 0. The molecule has 0 bridgehead atoms. The lowest BCUT2D eigenvalue weighted by atomic mass is 10.1. The number of aliphatic carboxylic acids is 2. The molecule has 0 aromatic rings. The first-order chi connectivity index (χ1) is 15.5. The molecule has 0 saturated heterocycles. The monoisotopic (exact) mass is 474 g/mol. The Balaban J connectivity index is 4.77. The van der Waals surface area contributed by atoms with Gasteiger partial charge in [0.05, 0.1) is 19.0 Å². The fourth-order valence-electron chi connectivity index (χ4n) is 2.60. The molecule has 15 heteroatoms. The van der Waals surface area contributed by atoms with Gasteiger partial charge in [0.1, 0.15) is 12.1 Å². The first-order valence-corrected chi connectivity index (χ1v) is 10.3. The van der Waals surface area contributed by atoms with Gasteiger partial charge in [-0.05, 0) is 38.6 Å². The van der Waals surface area contributed by atoms with Gasteiger partial charge in [-0.3, -0.25) is 24.2 Å². The summed E-state index contributed by atoms with van der Waals surface area (Å²) in [5, 5.41) is 24.9. The third-order valence-electron chi connectivity index (χ3n) is 4.32. The average Bonchev–Trinajstić information content (AvgIpc) is 2.73. The Bertz CT molecular complexity index is 712. The first-order valence-electron chi connectivity index (χ1n) is 10.3. The number of guanidine groups is 1. The van der Waals surface area contributed by atoms with Gasteiger partial charge < -0.3 is 49.1 Å². The Morgan fingerprint density at radius 3 is 2.09 bits per heavy atom. The predicted octanol–water partition coefficient (Wildman–Crippen LogP) is -3.86. The highest BCUT2D eigenvalue weighted by Crippen LogP contribution is 2.01. The third-order valence-corrected chi connectivity index (χ3v) is 4.32. The van der Waals surface area contributed by atoms with Gasteiger partial charge in [-0.1, -0.05) is 0 Å². The van der Waals surface area contributed by atoms with Gasteiger partial charge in [0.2, 0.25) is 17.7 Å². The second kappa shape index (κ2) is 16.2. The molecule has 0 aliphatic rings. The van der Waals surface area contributed by atoms with Crippen LogP contribution in [0.2, 0.25) is 0 Å². The van der Waals surface area contributed by atoms with Crippen LogP contribution in [0.15, 0.2) is 4.99 Å². The molecule has 0 fully saturated rings. The summed E-state index contributed by atoms with van der Waals surface area (Å²) in [6.07, 6.45) is 1.02. The van der Waals surface area contributed by atoms with E-state index in [1.165, 1.54) is 0 Å². The van der Waals surface area contributed by atoms with Gasteiger partial charge in [-0.15, -0.1) is 0 Å². The summed E-state index contributed by atoms with van der Waals surface area (Å²) in [5.74, 6) is -5.22. The van der Waals surface area contributed by atoms with Crippen molar-refractivity contribution in [2.24, 2.45) is 27.9 Å². The zero-order valence-electron chi connectivity index (χ0n) is 18.3. The van der Waals surface area contributed by atoms with E-state index in [4.69, 9.17) is 33.1 Å². The number of carbonyl (C=O) groups excluding carboxylic acids is 3. The number of unbranched alkanes of at least 4 members (excludes halogenated alkanes) is 1. The van der Waals surface area contributed by atoms with Crippen LogP contribution in [-0.4, -0.2) is 83.6 Å². The van der Waals surface area contributed by atoms with Crippen LogP contribution >= 0.6 is 0 Å². The second-order valence-corrected chi connectivity index (χ2v) is 7.17. The highest BCUT2D eigenvalue weighted by atomic mass is 16.4. The van der Waals surface area contributed by atoms with Crippen molar-refractivity contribution in [2.75, 3.05) is 19.6 Å². The number of carbonyl (C=O) groups is 5. The molecule has 0 aliphatic heterocycles. The van der Waals surface area contributed by atoms with Gasteiger partial charge in [0.15, 0.2) is 5.96 Å². The van der Waals surface area contributed by atoms with E-state index in [1.54, 1.807) is 0 Å². The maximum absolute atomic E-state index is 12.3. The molecule has 0 rings (SSSR count). The lowest BCUT2D eigenvalue weighted by molar-refractivity contribution is -0.142. The second-order valence-electron chi connectivity index (χ2n) is 7.17. The molecule has 3 atom stereocenters. The summed E-state index contributed by atoms with van der Waals surface area (Å²) in [4.78, 5) is 62.6. The first kappa shape index (κ1) is 29.5. The molecular weight excluding hydrogens is 440 g/mol. The standard InChI is InChI=1S/C18H34N8O7/c19-6-2-1-5-11(17(32)33)25-13(27)9-24-16(31)12(8-14(28)29)26-15(30)10(20)4-3-7-23-18(21)22/h10-12H,1-9,19-20H2,(H,24,31)(H,25,27)(H,26,30)(H,28,29)(H,32,33)(H4,21,22,23). The molecule has 0 aromatic carbocycles. The highest BCUT2D eigenvalue weighted by Gasteiger charge is 2.27. The molecule has 0 spiro atoms. The van der Waals surface area contributed by atoms with Gasteiger partial charge in [-0.2, -0.15) is 0 Å². The summed E-state index contributed by atoms with van der Waals surface area (Å²) < 4.78 is 0. The van der Waals surface area contributed by atoms with E-state index >= 15 is 0 Å². The summed E-state index contributed by atoms with van der Waals surface area (Å²) in [5.41, 5.74) is 21.5. The van der Waals surface area contributed by atoms with Crippen LogP contribution in [0.4, 0.5) is 0 Å². The minimum absolute atomic E-state index is 0.111. The maximum Gasteiger partial charge on any atom is 0.326 e. The number of nitrogens with one attached hydrogen (secondary N) is 3. The molecule has 15 nitrogen and oxygen atoms in total. The number of carboxylic acids is 2. The zero-order valence-corrected chi connectivity index (χ0v) is 18.3.